The lowest BCUT2D eigenvalue weighted by atomic mass is 9.99. The Hall–Kier alpha value is -4.24. The van der Waals surface area contributed by atoms with E-state index >= 15 is 0 Å². The number of hydrogen-bond acceptors (Lipinski definition) is 6. The standard InChI is InChI=1S/C33H34N4O4S/c1-20-9-8-12-25(21(20)2)37-33-30(31(35-37)22-10-6-5-7-11-22)32(23-13-16-26(40-3)27(17-23)41-4)42-19-29(39)36(33)18-28(38)34-24-14-15-24/h5-13,16-17,24,32H,14-15,18-19H2,1-4H3,(H,34,38). The van der Waals surface area contributed by atoms with Gasteiger partial charge in [-0.1, -0.05) is 48.5 Å². The highest BCUT2D eigenvalue weighted by Gasteiger charge is 2.38. The molecular weight excluding hydrogens is 548 g/mol. The smallest absolute Gasteiger partial charge is 0.240 e. The fourth-order valence-corrected chi connectivity index (χ4v) is 6.57. The molecule has 9 heteroatoms. The minimum Gasteiger partial charge on any atom is -0.493 e. The second-order valence-corrected chi connectivity index (χ2v) is 11.8. The van der Waals surface area contributed by atoms with Crippen LogP contribution in [0.15, 0.2) is 66.7 Å². The van der Waals surface area contributed by atoms with E-state index in [1.165, 1.54) is 11.8 Å². The van der Waals surface area contributed by atoms with Crippen molar-refractivity contribution in [2.24, 2.45) is 0 Å². The van der Waals surface area contributed by atoms with E-state index in [1.807, 2.05) is 65.3 Å². The molecule has 1 N–H and O–H groups in total. The van der Waals surface area contributed by atoms with Crippen molar-refractivity contribution in [2.45, 2.75) is 38.0 Å². The largest absolute Gasteiger partial charge is 0.493 e. The van der Waals surface area contributed by atoms with E-state index in [4.69, 9.17) is 14.6 Å². The SMILES string of the molecule is COc1ccc(C2SCC(=O)N(CC(=O)NC3CC3)c3c2c(-c2ccccc2)nn3-c2cccc(C)c2C)cc1OC. The summed E-state index contributed by atoms with van der Waals surface area (Å²) < 4.78 is 13.0. The normalized spacial score (nSPS) is 16.5. The number of thioether (sulfide) groups is 1. The van der Waals surface area contributed by atoms with Gasteiger partial charge in [0, 0.05) is 17.2 Å². The van der Waals surface area contributed by atoms with E-state index in [1.54, 1.807) is 19.1 Å². The number of methoxy groups -OCH3 is 2. The first-order valence-corrected chi connectivity index (χ1v) is 15.1. The van der Waals surface area contributed by atoms with Crippen molar-refractivity contribution >= 4 is 29.4 Å². The van der Waals surface area contributed by atoms with Crippen LogP contribution < -0.4 is 19.7 Å². The van der Waals surface area contributed by atoms with Crippen LogP contribution in [0.5, 0.6) is 11.5 Å². The van der Waals surface area contributed by atoms with Gasteiger partial charge < -0.3 is 14.8 Å². The highest BCUT2D eigenvalue weighted by atomic mass is 32.2. The number of benzene rings is 3. The van der Waals surface area contributed by atoms with Gasteiger partial charge in [-0.2, -0.15) is 5.10 Å². The van der Waals surface area contributed by atoms with Crippen LogP contribution in [0.2, 0.25) is 0 Å². The fourth-order valence-electron chi connectivity index (χ4n) is 5.39. The van der Waals surface area contributed by atoms with Gasteiger partial charge in [0.05, 0.1) is 36.6 Å². The number of amides is 2. The van der Waals surface area contributed by atoms with E-state index in [9.17, 15) is 9.59 Å². The van der Waals surface area contributed by atoms with Crippen molar-refractivity contribution in [1.29, 1.82) is 0 Å². The maximum atomic E-state index is 13.9. The van der Waals surface area contributed by atoms with E-state index in [0.717, 1.165) is 52.0 Å². The second kappa shape index (κ2) is 11.6. The number of nitrogens with one attached hydrogen (secondary N) is 1. The molecule has 1 aliphatic heterocycles. The first kappa shape index (κ1) is 27.9. The minimum atomic E-state index is -0.269. The van der Waals surface area contributed by atoms with Gasteiger partial charge in [0.15, 0.2) is 11.5 Å². The maximum absolute atomic E-state index is 13.9. The number of ether oxygens (including phenoxy) is 2. The number of anilines is 1. The third-order valence-corrected chi connectivity index (χ3v) is 9.15. The van der Waals surface area contributed by atoms with Crippen LogP contribution in [0.4, 0.5) is 5.82 Å². The first-order valence-electron chi connectivity index (χ1n) is 14.1. The Balaban J connectivity index is 1.63. The second-order valence-electron chi connectivity index (χ2n) is 10.7. The molecule has 1 unspecified atom stereocenters. The number of fused-ring (bicyclic) bond motifs is 1. The molecule has 42 heavy (non-hydrogen) atoms. The molecule has 2 heterocycles. The molecule has 1 aromatic heterocycles. The predicted molar refractivity (Wildman–Crippen MR) is 166 cm³/mol. The van der Waals surface area contributed by atoms with Gasteiger partial charge >= 0.3 is 0 Å². The molecule has 216 valence electrons. The molecular formula is C33H34N4O4S. The molecule has 8 nitrogen and oxygen atoms in total. The van der Waals surface area contributed by atoms with Crippen molar-refractivity contribution in [2.75, 3.05) is 31.4 Å². The summed E-state index contributed by atoms with van der Waals surface area (Å²) in [5.74, 6) is 1.75. The van der Waals surface area contributed by atoms with Crippen LogP contribution >= 0.6 is 11.8 Å². The van der Waals surface area contributed by atoms with Crippen LogP contribution in [0, 0.1) is 13.8 Å². The van der Waals surface area contributed by atoms with E-state index in [-0.39, 0.29) is 35.4 Å². The molecule has 6 rings (SSSR count). The molecule has 2 amide bonds. The third kappa shape index (κ3) is 5.25. The van der Waals surface area contributed by atoms with E-state index in [0.29, 0.717) is 17.3 Å². The minimum absolute atomic E-state index is 0.0771. The fraction of sp³-hybridized carbons (Fsp3) is 0.303. The van der Waals surface area contributed by atoms with Gasteiger partial charge in [-0.05, 0) is 61.6 Å². The summed E-state index contributed by atoms with van der Waals surface area (Å²) in [5.41, 5.74) is 6.56. The Morgan fingerprint density at radius 2 is 1.76 bits per heavy atom. The summed E-state index contributed by atoms with van der Waals surface area (Å²) in [6, 6.07) is 22.1. The van der Waals surface area contributed by atoms with Crippen molar-refractivity contribution in [3.05, 3.63) is 89.0 Å². The lowest BCUT2D eigenvalue weighted by molar-refractivity contribution is -0.123. The van der Waals surface area contributed by atoms with Gasteiger partial charge in [0.25, 0.3) is 0 Å². The van der Waals surface area contributed by atoms with Crippen LogP contribution in [0.25, 0.3) is 16.9 Å². The third-order valence-electron chi connectivity index (χ3n) is 7.90. The Bertz CT molecular complexity index is 1650. The topological polar surface area (TPSA) is 85.7 Å². The lowest BCUT2D eigenvalue weighted by Gasteiger charge is -2.24. The van der Waals surface area contributed by atoms with Crippen molar-refractivity contribution < 1.29 is 19.1 Å². The van der Waals surface area contributed by atoms with E-state index < -0.39 is 0 Å². The monoisotopic (exact) mass is 582 g/mol. The Labute approximate surface area is 250 Å². The highest BCUT2D eigenvalue weighted by molar-refractivity contribution is 8.00. The van der Waals surface area contributed by atoms with Crippen LogP contribution in [0.1, 0.15) is 40.3 Å². The van der Waals surface area contributed by atoms with Gasteiger partial charge in [-0.3, -0.25) is 14.5 Å². The predicted octanol–water partition coefficient (Wildman–Crippen LogP) is 5.62. The summed E-state index contributed by atoms with van der Waals surface area (Å²) in [7, 11) is 3.23. The van der Waals surface area contributed by atoms with Gasteiger partial charge in [-0.15, -0.1) is 11.8 Å². The summed E-state index contributed by atoms with van der Waals surface area (Å²) >= 11 is 1.53. The molecule has 4 aromatic rings. The summed E-state index contributed by atoms with van der Waals surface area (Å²) in [4.78, 5) is 28.8. The number of carbonyl (C=O) groups is 2. The van der Waals surface area contributed by atoms with Gasteiger partial charge in [0.2, 0.25) is 11.8 Å². The zero-order valence-electron chi connectivity index (χ0n) is 24.2. The quantitative estimate of drug-likeness (QED) is 0.290. The number of nitrogens with zero attached hydrogens (tertiary/aromatic N) is 3. The number of aromatic nitrogens is 2. The number of aryl methyl sites for hydroxylation is 1. The molecule has 1 atom stereocenters. The van der Waals surface area contributed by atoms with Crippen molar-refractivity contribution in [3.63, 3.8) is 0 Å². The zero-order valence-corrected chi connectivity index (χ0v) is 25.0. The average molecular weight is 583 g/mol. The molecule has 0 spiro atoms. The molecule has 0 radical (unpaired) electrons. The number of carbonyl (C=O) groups excluding carboxylic acids is 2. The highest BCUT2D eigenvalue weighted by Crippen LogP contribution is 2.49. The van der Waals surface area contributed by atoms with Gasteiger partial charge in [-0.25, -0.2) is 4.68 Å². The Morgan fingerprint density at radius 3 is 2.48 bits per heavy atom. The maximum Gasteiger partial charge on any atom is 0.240 e. The Morgan fingerprint density at radius 1 is 1.00 bits per heavy atom. The summed E-state index contributed by atoms with van der Waals surface area (Å²) in [5, 5.41) is 8.01. The summed E-state index contributed by atoms with van der Waals surface area (Å²) in [6.45, 7) is 4.05. The molecule has 0 bridgehead atoms. The van der Waals surface area contributed by atoms with Crippen LogP contribution in [0.3, 0.4) is 0 Å². The molecule has 2 aliphatic rings. The number of rotatable bonds is 8. The van der Waals surface area contributed by atoms with Crippen molar-refractivity contribution in [1.82, 2.24) is 15.1 Å². The summed E-state index contributed by atoms with van der Waals surface area (Å²) in [6.07, 6.45) is 1.95. The van der Waals surface area contributed by atoms with E-state index in [2.05, 4.69) is 25.2 Å². The first-order chi connectivity index (χ1) is 20.4. The molecule has 1 aliphatic carbocycles. The van der Waals surface area contributed by atoms with Crippen molar-refractivity contribution in [3.8, 4) is 28.4 Å². The molecule has 1 saturated carbocycles. The number of hydrogen-bond donors (Lipinski definition) is 1. The Kier molecular flexibility index (Phi) is 7.68. The molecule has 0 saturated heterocycles. The van der Waals surface area contributed by atoms with Crippen LogP contribution in [-0.2, 0) is 9.59 Å². The molecule has 3 aromatic carbocycles. The average Bonchev–Trinajstić information content (AvgIpc) is 3.76. The lowest BCUT2D eigenvalue weighted by Crippen LogP contribution is -2.43. The zero-order chi connectivity index (χ0) is 29.4. The van der Waals surface area contributed by atoms with Crippen LogP contribution in [-0.4, -0.2) is 54.2 Å². The molecule has 1 fully saturated rings. The van der Waals surface area contributed by atoms with Gasteiger partial charge in [0.1, 0.15) is 12.4 Å².